The minimum Gasteiger partial charge on any atom is -0.481 e. The number of carboxylic acid groups (broad SMARTS) is 2. The molecule has 17 heavy (non-hydrogen) atoms. The first kappa shape index (κ1) is 13.7. The van der Waals surface area contributed by atoms with Gasteiger partial charge in [0.1, 0.15) is 5.82 Å². The monoisotopic (exact) mass is 354 g/mol. The molecule has 0 unspecified atom stereocenters. The number of hydrogen-bond donors (Lipinski definition) is 2. The summed E-state index contributed by atoms with van der Waals surface area (Å²) in [6, 6.07) is 1.96. The minimum absolute atomic E-state index is 0.0801. The molecule has 7 heteroatoms. The molecule has 0 bridgehead atoms. The van der Waals surface area contributed by atoms with E-state index in [1.54, 1.807) is 0 Å². The quantitative estimate of drug-likeness (QED) is 0.784. The molecule has 92 valence electrons. The van der Waals surface area contributed by atoms with Crippen LogP contribution < -0.4 is 0 Å². The zero-order valence-electron chi connectivity index (χ0n) is 8.44. The molecule has 0 atom stereocenters. The summed E-state index contributed by atoms with van der Waals surface area (Å²) in [5.74, 6) is -3.09. The van der Waals surface area contributed by atoms with Crippen molar-refractivity contribution in [3.8, 4) is 0 Å². The third kappa shape index (κ3) is 3.84. The van der Waals surface area contributed by atoms with Crippen LogP contribution in [0.15, 0.2) is 12.1 Å². The molecule has 0 amide bonds. The lowest BCUT2D eigenvalue weighted by Crippen LogP contribution is -2.08. The summed E-state index contributed by atoms with van der Waals surface area (Å²) in [4.78, 5) is 21.1. The fraction of sp³-hybridized carbons (Fsp3) is 0.200. The minimum atomic E-state index is -1.75. The largest absolute Gasteiger partial charge is 0.481 e. The summed E-state index contributed by atoms with van der Waals surface area (Å²) >= 11 is -1.75. The zero-order chi connectivity index (χ0) is 13.0. The molecule has 0 aliphatic carbocycles. The molecular formula is C10H8FIO5. The van der Waals surface area contributed by atoms with Crippen molar-refractivity contribution in [1.29, 1.82) is 0 Å². The van der Waals surface area contributed by atoms with Gasteiger partial charge in [0.25, 0.3) is 0 Å². The van der Waals surface area contributed by atoms with Gasteiger partial charge in [-0.25, -0.2) is 4.39 Å². The van der Waals surface area contributed by atoms with Crippen LogP contribution in [0.2, 0.25) is 0 Å². The van der Waals surface area contributed by atoms with Gasteiger partial charge >= 0.3 is 11.9 Å². The SMILES string of the molecule is O=Ic1c(CC(=O)O)cc(F)cc1CC(=O)O. The molecule has 5 nitrogen and oxygen atoms in total. The predicted molar refractivity (Wildman–Crippen MR) is 62.5 cm³/mol. The van der Waals surface area contributed by atoms with Crippen molar-refractivity contribution in [3.63, 3.8) is 0 Å². The molecule has 1 aromatic rings. The van der Waals surface area contributed by atoms with E-state index in [0.717, 1.165) is 12.1 Å². The molecule has 0 saturated heterocycles. The van der Waals surface area contributed by atoms with Crippen LogP contribution in [-0.2, 0) is 25.5 Å². The lowest BCUT2D eigenvalue weighted by Gasteiger charge is -2.07. The molecular weight excluding hydrogens is 346 g/mol. The van der Waals surface area contributed by atoms with Crippen molar-refractivity contribution in [3.05, 3.63) is 32.6 Å². The van der Waals surface area contributed by atoms with Gasteiger partial charge in [-0.1, -0.05) is 0 Å². The van der Waals surface area contributed by atoms with Crippen LogP contribution >= 0.6 is 21.2 Å². The highest BCUT2D eigenvalue weighted by atomic mass is 127. The van der Waals surface area contributed by atoms with Gasteiger partial charge in [-0.15, -0.1) is 0 Å². The van der Waals surface area contributed by atoms with Crippen molar-refractivity contribution in [2.45, 2.75) is 12.8 Å². The van der Waals surface area contributed by atoms with Crippen molar-refractivity contribution in [2.75, 3.05) is 0 Å². The van der Waals surface area contributed by atoms with Gasteiger partial charge in [-0.05, 0) is 23.3 Å². The fourth-order valence-corrected chi connectivity index (χ4v) is 2.65. The van der Waals surface area contributed by atoms with E-state index in [4.69, 9.17) is 10.2 Å². The molecule has 0 aliphatic rings. The fourth-order valence-electron chi connectivity index (χ4n) is 1.39. The van der Waals surface area contributed by atoms with Crippen LogP contribution in [0.4, 0.5) is 4.39 Å². The maximum Gasteiger partial charge on any atom is 0.307 e. The van der Waals surface area contributed by atoms with E-state index >= 15 is 0 Å². The Labute approximate surface area is 106 Å². The van der Waals surface area contributed by atoms with Crippen molar-refractivity contribution >= 4 is 33.1 Å². The Hall–Kier alpha value is -1.38. The highest BCUT2D eigenvalue weighted by Crippen LogP contribution is 2.24. The van der Waals surface area contributed by atoms with Gasteiger partial charge in [0.15, 0.2) is 21.2 Å². The molecule has 0 spiro atoms. The maximum absolute atomic E-state index is 13.2. The molecule has 0 aliphatic heterocycles. The lowest BCUT2D eigenvalue weighted by molar-refractivity contribution is -0.137. The van der Waals surface area contributed by atoms with Gasteiger partial charge < -0.3 is 10.2 Å². The topological polar surface area (TPSA) is 91.7 Å². The molecule has 0 fully saturated rings. The Bertz CT molecular complexity index is 449. The standard InChI is InChI=1S/C10H8FIO5/c11-7-1-5(3-8(13)14)10(12-17)6(2-7)4-9(15)16/h1-2H,3-4H2,(H,13,14)(H,15,16). The van der Waals surface area contributed by atoms with E-state index in [9.17, 15) is 17.0 Å². The third-order valence-electron chi connectivity index (χ3n) is 1.95. The van der Waals surface area contributed by atoms with Crippen LogP contribution in [0, 0.1) is 9.39 Å². The molecule has 0 heterocycles. The predicted octanol–water partition coefficient (Wildman–Crippen LogP) is 1.57. The molecule has 0 radical (unpaired) electrons. The van der Waals surface area contributed by atoms with E-state index in [1.807, 2.05) is 0 Å². The maximum atomic E-state index is 13.2. The molecule has 0 saturated carbocycles. The van der Waals surface area contributed by atoms with E-state index in [2.05, 4.69) is 0 Å². The van der Waals surface area contributed by atoms with Crippen LogP contribution in [0.1, 0.15) is 11.1 Å². The van der Waals surface area contributed by atoms with Gasteiger partial charge in [-0.2, -0.15) is 0 Å². The van der Waals surface area contributed by atoms with E-state index in [0.29, 0.717) is 0 Å². The summed E-state index contributed by atoms with van der Waals surface area (Å²) in [7, 11) is 0. The Kier molecular flexibility index (Phi) is 4.67. The number of carbonyl (C=O) groups is 2. The van der Waals surface area contributed by atoms with Crippen molar-refractivity contribution in [2.24, 2.45) is 0 Å². The van der Waals surface area contributed by atoms with Gasteiger partial charge in [0.2, 0.25) is 0 Å². The normalized spacial score (nSPS) is 10.2. The number of hydrogen-bond acceptors (Lipinski definition) is 3. The van der Waals surface area contributed by atoms with Crippen LogP contribution in [0.5, 0.6) is 0 Å². The second kappa shape index (κ2) is 5.80. The summed E-state index contributed by atoms with van der Waals surface area (Å²) in [6.45, 7) is 0. The first-order chi connectivity index (χ1) is 7.93. The Morgan fingerprint density at radius 3 is 1.82 bits per heavy atom. The summed E-state index contributed by atoms with van der Waals surface area (Å²) in [5.41, 5.74) is 0.160. The number of carboxylic acids is 2. The zero-order valence-corrected chi connectivity index (χ0v) is 10.6. The number of benzene rings is 1. The summed E-state index contributed by atoms with van der Waals surface area (Å²) in [6.07, 6.45) is -0.941. The number of halogens is 2. The molecule has 1 aromatic carbocycles. The van der Waals surface area contributed by atoms with Crippen molar-refractivity contribution in [1.82, 2.24) is 0 Å². The summed E-state index contributed by atoms with van der Waals surface area (Å²) in [5, 5.41) is 17.2. The lowest BCUT2D eigenvalue weighted by atomic mass is 10.1. The highest BCUT2D eigenvalue weighted by molar-refractivity contribution is 14.1. The number of aliphatic carboxylic acids is 2. The Balaban J connectivity index is 3.28. The highest BCUT2D eigenvalue weighted by Gasteiger charge is 2.16. The van der Waals surface area contributed by atoms with Gasteiger partial charge in [-0.3, -0.25) is 12.7 Å². The van der Waals surface area contributed by atoms with Crippen molar-refractivity contribution < 1.29 is 27.3 Å². The number of rotatable bonds is 5. The van der Waals surface area contributed by atoms with E-state index < -0.39 is 51.8 Å². The first-order valence-corrected chi connectivity index (χ1v) is 6.42. The Morgan fingerprint density at radius 1 is 1.12 bits per heavy atom. The van der Waals surface area contributed by atoms with E-state index in [1.165, 1.54) is 0 Å². The molecule has 1 rings (SSSR count). The van der Waals surface area contributed by atoms with E-state index in [-0.39, 0.29) is 14.7 Å². The molecule has 2 N–H and O–H groups in total. The molecule has 0 aromatic heterocycles. The van der Waals surface area contributed by atoms with Crippen LogP contribution in [0.25, 0.3) is 0 Å². The second-order valence-electron chi connectivity index (χ2n) is 3.26. The summed E-state index contributed by atoms with van der Waals surface area (Å²) < 4.78 is 24.4. The van der Waals surface area contributed by atoms with Gasteiger partial charge in [0.05, 0.1) is 16.4 Å². The average molecular weight is 354 g/mol. The van der Waals surface area contributed by atoms with Crippen LogP contribution in [-0.4, -0.2) is 22.2 Å². The van der Waals surface area contributed by atoms with Crippen LogP contribution in [0.3, 0.4) is 0 Å². The average Bonchev–Trinajstić information content (AvgIpc) is 2.14. The Morgan fingerprint density at radius 2 is 1.53 bits per heavy atom. The second-order valence-corrected chi connectivity index (χ2v) is 4.78. The van der Waals surface area contributed by atoms with Gasteiger partial charge in [0, 0.05) is 0 Å². The smallest absolute Gasteiger partial charge is 0.307 e. The third-order valence-corrected chi connectivity index (χ3v) is 3.77. The first-order valence-electron chi connectivity index (χ1n) is 4.46.